The molecule has 1 amide bonds. The summed E-state index contributed by atoms with van der Waals surface area (Å²) in [4.78, 5) is 23.7. The molecule has 0 bridgehead atoms. The predicted molar refractivity (Wildman–Crippen MR) is 104 cm³/mol. The fraction of sp³-hybridized carbons (Fsp3) is 0.300. The van der Waals surface area contributed by atoms with E-state index in [1.54, 1.807) is 0 Å². The first kappa shape index (κ1) is 20.0. The van der Waals surface area contributed by atoms with E-state index in [1.807, 2.05) is 56.3 Å². The van der Waals surface area contributed by atoms with Gasteiger partial charge < -0.3 is 14.8 Å². The molecule has 0 heterocycles. The van der Waals surface area contributed by atoms with Crippen LogP contribution in [0.5, 0.6) is 5.75 Å². The molecule has 0 unspecified atom stereocenters. The maximum absolute atomic E-state index is 11.9. The number of anilines is 1. The van der Waals surface area contributed by atoms with E-state index < -0.39 is 5.97 Å². The zero-order chi connectivity index (χ0) is 18.9. The van der Waals surface area contributed by atoms with Crippen LogP contribution < -0.4 is 10.1 Å². The van der Waals surface area contributed by atoms with Gasteiger partial charge >= 0.3 is 5.97 Å². The van der Waals surface area contributed by atoms with E-state index in [0.717, 1.165) is 27.0 Å². The number of rotatable bonds is 8. The molecule has 2 aromatic rings. The van der Waals surface area contributed by atoms with Crippen LogP contribution in [0.4, 0.5) is 5.69 Å². The lowest BCUT2D eigenvalue weighted by Crippen LogP contribution is -2.22. The SMILES string of the molecule is Cc1cccc(C)c1NC(=O)COC(=O)CCCOc1ccc(Br)cc1. The number of hydrogen-bond donors (Lipinski definition) is 1. The van der Waals surface area contributed by atoms with Crippen molar-refractivity contribution in [1.82, 2.24) is 0 Å². The molecule has 6 heteroatoms. The Morgan fingerprint density at radius 3 is 2.35 bits per heavy atom. The predicted octanol–water partition coefficient (Wildman–Crippen LogP) is 4.41. The summed E-state index contributed by atoms with van der Waals surface area (Å²) in [6.45, 7) is 3.95. The zero-order valence-electron chi connectivity index (χ0n) is 14.9. The lowest BCUT2D eigenvalue weighted by molar-refractivity contribution is -0.147. The molecule has 1 N–H and O–H groups in total. The molecule has 0 aliphatic rings. The minimum atomic E-state index is -0.416. The Morgan fingerprint density at radius 1 is 1.04 bits per heavy atom. The number of halogens is 1. The van der Waals surface area contributed by atoms with E-state index in [2.05, 4.69) is 21.2 Å². The van der Waals surface area contributed by atoms with Gasteiger partial charge in [0.2, 0.25) is 0 Å². The Labute approximate surface area is 161 Å². The van der Waals surface area contributed by atoms with Crippen LogP contribution >= 0.6 is 15.9 Å². The van der Waals surface area contributed by atoms with Gasteiger partial charge in [-0.05, 0) is 55.7 Å². The van der Waals surface area contributed by atoms with Gasteiger partial charge in [0.05, 0.1) is 6.61 Å². The number of carbonyl (C=O) groups is 2. The summed E-state index contributed by atoms with van der Waals surface area (Å²) < 4.78 is 11.5. The highest BCUT2D eigenvalue weighted by atomic mass is 79.9. The Kier molecular flexibility index (Phi) is 7.66. The highest BCUT2D eigenvalue weighted by Crippen LogP contribution is 2.19. The summed E-state index contributed by atoms with van der Waals surface area (Å²) in [5, 5.41) is 2.78. The second kappa shape index (κ2) is 9.97. The number of nitrogens with one attached hydrogen (secondary N) is 1. The monoisotopic (exact) mass is 419 g/mol. The lowest BCUT2D eigenvalue weighted by Gasteiger charge is -2.11. The first-order valence-corrected chi connectivity index (χ1v) is 9.15. The number of para-hydroxylation sites is 1. The number of hydrogen-bond acceptors (Lipinski definition) is 4. The van der Waals surface area contributed by atoms with Gasteiger partial charge in [0.25, 0.3) is 5.91 Å². The highest BCUT2D eigenvalue weighted by molar-refractivity contribution is 9.10. The van der Waals surface area contributed by atoms with Gasteiger partial charge in [0.15, 0.2) is 6.61 Å². The van der Waals surface area contributed by atoms with Crippen LogP contribution in [0.1, 0.15) is 24.0 Å². The smallest absolute Gasteiger partial charge is 0.306 e. The van der Waals surface area contributed by atoms with Gasteiger partial charge in [0.1, 0.15) is 5.75 Å². The molecular formula is C20H22BrNO4. The van der Waals surface area contributed by atoms with Gasteiger partial charge in [-0.3, -0.25) is 9.59 Å². The van der Waals surface area contributed by atoms with Crippen molar-refractivity contribution in [1.29, 1.82) is 0 Å². The van der Waals surface area contributed by atoms with Gasteiger partial charge in [-0.15, -0.1) is 0 Å². The summed E-state index contributed by atoms with van der Waals surface area (Å²) in [5.41, 5.74) is 2.70. The lowest BCUT2D eigenvalue weighted by atomic mass is 10.1. The third-order valence-corrected chi connectivity index (χ3v) is 4.25. The standard InChI is InChI=1S/C20H22BrNO4/c1-14-5-3-6-15(2)20(14)22-18(23)13-26-19(24)7-4-12-25-17-10-8-16(21)9-11-17/h3,5-6,8-11H,4,7,12-13H2,1-2H3,(H,22,23). The van der Waals surface area contributed by atoms with Crippen molar-refractivity contribution in [2.24, 2.45) is 0 Å². The van der Waals surface area contributed by atoms with Crippen molar-refractivity contribution in [3.05, 3.63) is 58.1 Å². The van der Waals surface area contributed by atoms with Crippen LogP contribution in [-0.4, -0.2) is 25.1 Å². The molecule has 0 aromatic heterocycles. The van der Waals surface area contributed by atoms with Crippen molar-refractivity contribution in [3.8, 4) is 5.75 Å². The highest BCUT2D eigenvalue weighted by Gasteiger charge is 2.10. The first-order chi connectivity index (χ1) is 12.5. The second-order valence-electron chi connectivity index (χ2n) is 5.88. The van der Waals surface area contributed by atoms with Crippen molar-refractivity contribution < 1.29 is 19.1 Å². The molecule has 0 aliphatic heterocycles. The van der Waals surface area contributed by atoms with E-state index in [9.17, 15) is 9.59 Å². The Hall–Kier alpha value is -2.34. The number of aryl methyl sites for hydroxylation is 2. The molecule has 2 rings (SSSR count). The van der Waals surface area contributed by atoms with E-state index in [4.69, 9.17) is 9.47 Å². The summed E-state index contributed by atoms with van der Waals surface area (Å²) in [6.07, 6.45) is 0.723. The largest absolute Gasteiger partial charge is 0.494 e. The molecule has 0 saturated carbocycles. The van der Waals surface area contributed by atoms with Crippen LogP contribution in [-0.2, 0) is 14.3 Å². The molecule has 0 fully saturated rings. The quantitative estimate of drug-likeness (QED) is 0.508. The fourth-order valence-corrected chi connectivity index (χ4v) is 2.61. The fourth-order valence-electron chi connectivity index (χ4n) is 2.34. The van der Waals surface area contributed by atoms with Crippen LogP contribution in [0.2, 0.25) is 0 Å². The molecule has 0 aliphatic carbocycles. The molecule has 0 spiro atoms. The molecule has 138 valence electrons. The molecule has 0 atom stereocenters. The summed E-state index contributed by atoms with van der Waals surface area (Å²) in [6, 6.07) is 13.2. The number of esters is 1. The van der Waals surface area contributed by atoms with Crippen LogP contribution in [0.15, 0.2) is 46.9 Å². The van der Waals surface area contributed by atoms with Crippen LogP contribution in [0.3, 0.4) is 0 Å². The molecule has 0 radical (unpaired) electrons. The maximum atomic E-state index is 11.9. The van der Waals surface area contributed by atoms with Crippen molar-refractivity contribution in [2.45, 2.75) is 26.7 Å². The number of ether oxygens (including phenoxy) is 2. The third-order valence-electron chi connectivity index (χ3n) is 3.72. The van der Waals surface area contributed by atoms with E-state index in [1.165, 1.54) is 0 Å². The molecule has 26 heavy (non-hydrogen) atoms. The average Bonchev–Trinajstić information content (AvgIpc) is 2.62. The van der Waals surface area contributed by atoms with E-state index in [0.29, 0.717) is 13.0 Å². The molecule has 5 nitrogen and oxygen atoms in total. The molecular weight excluding hydrogens is 398 g/mol. The number of amides is 1. The Bertz CT molecular complexity index is 739. The Morgan fingerprint density at radius 2 is 1.69 bits per heavy atom. The van der Waals surface area contributed by atoms with Crippen LogP contribution in [0.25, 0.3) is 0 Å². The number of carbonyl (C=O) groups excluding carboxylic acids is 2. The van der Waals surface area contributed by atoms with Gasteiger partial charge in [-0.2, -0.15) is 0 Å². The summed E-state index contributed by atoms with van der Waals surface area (Å²) >= 11 is 3.35. The van der Waals surface area contributed by atoms with Crippen LogP contribution in [0, 0.1) is 13.8 Å². The summed E-state index contributed by atoms with van der Waals surface area (Å²) in [5.74, 6) is -0.0162. The van der Waals surface area contributed by atoms with Crippen molar-refractivity contribution in [3.63, 3.8) is 0 Å². The van der Waals surface area contributed by atoms with E-state index in [-0.39, 0.29) is 18.9 Å². The molecule has 0 saturated heterocycles. The van der Waals surface area contributed by atoms with E-state index >= 15 is 0 Å². The van der Waals surface area contributed by atoms with Gasteiger partial charge in [-0.25, -0.2) is 0 Å². The minimum Gasteiger partial charge on any atom is -0.494 e. The average molecular weight is 420 g/mol. The van der Waals surface area contributed by atoms with Crippen molar-refractivity contribution >= 4 is 33.5 Å². The number of benzene rings is 2. The third kappa shape index (κ3) is 6.52. The van der Waals surface area contributed by atoms with Gasteiger partial charge in [-0.1, -0.05) is 34.1 Å². The van der Waals surface area contributed by atoms with Gasteiger partial charge in [0, 0.05) is 16.6 Å². The first-order valence-electron chi connectivity index (χ1n) is 8.36. The zero-order valence-corrected chi connectivity index (χ0v) is 16.5. The summed E-state index contributed by atoms with van der Waals surface area (Å²) in [7, 11) is 0. The van der Waals surface area contributed by atoms with Crippen molar-refractivity contribution in [2.75, 3.05) is 18.5 Å². The molecule has 2 aromatic carbocycles. The normalized spacial score (nSPS) is 10.3. The topological polar surface area (TPSA) is 64.6 Å². The maximum Gasteiger partial charge on any atom is 0.306 e. The Balaban J connectivity index is 1.65. The minimum absolute atomic E-state index is 0.202. The second-order valence-corrected chi connectivity index (χ2v) is 6.80.